The SMILES string of the molecule is CN=Cc1c(N)nc(-c2ccncc2)nc1Oc1cc(NC(=O)c2ccc(CN3CCN(C)CC3)c(C(F)(F)F)c2)ccc1C. The summed E-state index contributed by atoms with van der Waals surface area (Å²) in [5.41, 5.74) is 7.50. The zero-order valence-electron chi connectivity index (χ0n) is 25.1. The molecule has 1 aliphatic heterocycles. The third-order valence-electron chi connectivity index (χ3n) is 7.46. The first kappa shape index (κ1) is 31.5. The second kappa shape index (κ2) is 13.4. The number of alkyl halides is 3. The van der Waals surface area contributed by atoms with Crippen LogP contribution in [0.2, 0.25) is 0 Å². The van der Waals surface area contributed by atoms with E-state index in [4.69, 9.17) is 10.5 Å². The Morgan fingerprint density at radius 3 is 2.49 bits per heavy atom. The molecule has 2 aromatic carbocycles. The van der Waals surface area contributed by atoms with E-state index < -0.39 is 17.6 Å². The molecule has 0 aliphatic carbocycles. The quantitative estimate of drug-likeness (QED) is 0.256. The van der Waals surface area contributed by atoms with Gasteiger partial charge in [-0.1, -0.05) is 12.1 Å². The van der Waals surface area contributed by atoms with E-state index in [1.54, 1.807) is 56.7 Å². The molecular weight excluding hydrogens is 585 g/mol. The van der Waals surface area contributed by atoms with E-state index in [1.807, 2.05) is 11.9 Å². The highest BCUT2D eigenvalue weighted by Gasteiger charge is 2.34. The molecule has 3 N–H and O–H groups in total. The normalized spacial score (nSPS) is 14.5. The fourth-order valence-electron chi connectivity index (χ4n) is 4.89. The maximum absolute atomic E-state index is 14.1. The van der Waals surface area contributed by atoms with Crippen molar-refractivity contribution in [3.05, 3.63) is 88.7 Å². The number of halogens is 3. The smallest absolute Gasteiger partial charge is 0.416 e. The molecule has 234 valence electrons. The average molecular weight is 619 g/mol. The Bertz CT molecular complexity index is 1710. The molecule has 0 unspecified atom stereocenters. The van der Waals surface area contributed by atoms with Crippen LogP contribution in [0, 0.1) is 6.92 Å². The molecule has 2 aromatic heterocycles. The number of nitrogens with zero attached hydrogens (tertiary/aromatic N) is 6. The van der Waals surface area contributed by atoms with Gasteiger partial charge in [0.1, 0.15) is 11.6 Å². The topological polar surface area (TPSA) is 122 Å². The number of likely N-dealkylation sites (N-methyl/N-ethyl adjacent to an activating group) is 1. The summed E-state index contributed by atoms with van der Waals surface area (Å²) in [6.07, 6.45) is 0.0719. The van der Waals surface area contributed by atoms with Gasteiger partial charge in [0.2, 0.25) is 5.88 Å². The molecule has 4 aromatic rings. The van der Waals surface area contributed by atoms with Crippen molar-refractivity contribution in [2.24, 2.45) is 4.99 Å². The summed E-state index contributed by atoms with van der Waals surface area (Å²) in [4.78, 5) is 34.3. The van der Waals surface area contributed by atoms with Crippen LogP contribution < -0.4 is 15.8 Å². The zero-order chi connectivity index (χ0) is 32.1. The molecule has 1 fully saturated rings. The monoisotopic (exact) mass is 618 g/mol. The summed E-state index contributed by atoms with van der Waals surface area (Å²) >= 11 is 0. The van der Waals surface area contributed by atoms with Crippen LogP contribution in [0.3, 0.4) is 0 Å². The van der Waals surface area contributed by atoms with Gasteiger partial charge in [0.15, 0.2) is 5.82 Å². The van der Waals surface area contributed by atoms with Crippen molar-refractivity contribution >= 4 is 23.6 Å². The van der Waals surface area contributed by atoms with Crippen LogP contribution in [-0.2, 0) is 12.7 Å². The number of hydrogen-bond acceptors (Lipinski definition) is 9. The second-order valence-electron chi connectivity index (χ2n) is 10.8. The van der Waals surface area contributed by atoms with Gasteiger partial charge in [-0.15, -0.1) is 0 Å². The van der Waals surface area contributed by atoms with E-state index in [0.717, 1.165) is 19.2 Å². The third kappa shape index (κ3) is 7.62. The number of piperazine rings is 1. The van der Waals surface area contributed by atoms with Crippen LogP contribution in [0.5, 0.6) is 11.6 Å². The van der Waals surface area contributed by atoms with Gasteiger partial charge in [-0.3, -0.25) is 19.7 Å². The van der Waals surface area contributed by atoms with Gasteiger partial charge < -0.3 is 20.7 Å². The maximum Gasteiger partial charge on any atom is 0.416 e. The van der Waals surface area contributed by atoms with E-state index in [0.29, 0.717) is 47.0 Å². The van der Waals surface area contributed by atoms with Gasteiger partial charge in [-0.05, 0) is 55.4 Å². The van der Waals surface area contributed by atoms with Crippen LogP contribution in [0.4, 0.5) is 24.7 Å². The molecule has 0 bridgehead atoms. The van der Waals surface area contributed by atoms with Gasteiger partial charge in [0, 0.05) is 81.3 Å². The number of ether oxygens (including phenoxy) is 1. The highest BCUT2D eigenvalue weighted by Crippen LogP contribution is 2.35. The van der Waals surface area contributed by atoms with Crippen LogP contribution in [-0.4, -0.2) is 77.1 Å². The number of nitrogens with two attached hydrogens (primary N) is 1. The van der Waals surface area contributed by atoms with Crippen molar-refractivity contribution in [3.63, 3.8) is 0 Å². The number of rotatable bonds is 8. The van der Waals surface area contributed by atoms with Gasteiger partial charge in [-0.2, -0.15) is 18.2 Å². The Morgan fingerprint density at radius 2 is 1.80 bits per heavy atom. The number of aliphatic imine (C=N–C) groups is 1. The molecule has 13 heteroatoms. The number of carbonyl (C=O) groups excluding carboxylic acids is 1. The van der Waals surface area contributed by atoms with Crippen LogP contribution in [0.15, 0.2) is 65.9 Å². The lowest BCUT2D eigenvalue weighted by molar-refractivity contribution is -0.138. The molecular formula is C32H33F3N8O2. The Kier molecular flexibility index (Phi) is 9.40. The van der Waals surface area contributed by atoms with Gasteiger partial charge >= 0.3 is 6.18 Å². The molecule has 1 aliphatic rings. The molecule has 1 saturated heterocycles. The molecule has 3 heterocycles. The predicted octanol–water partition coefficient (Wildman–Crippen LogP) is 5.29. The first-order valence-electron chi connectivity index (χ1n) is 14.2. The summed E-state index contributed by atoms with van der Waals surface area (Å²) in [7, 11) is 3.56. The van der Waals surface area contributed by atoms with E-state index in [1.165, 1.54) is 18.3 Å². The number of pyridine rings is 1. The molecule has 45 heavy (non-hydrogen) atoms. The largest absolute Gasteiger partial charge is 0.438 e. The van der Waals surface area contributed by atoms with Crippen molar-refractivity contribution in [2.75, 3.05) is 51.3 Å². The van der Waals surface area contributed by atoms with Crippen LogP contribution in [0.25, 0.3) is 11.4 Å². The Labute approximate surface area is 258 Å². The minimum absolute atomic E-state index is 0.112. The minimum Gasteiger partial charge on any atom is -0.438 e. The van der Waals surface area contributed by atoms with Gasteiger partial charge in [-0.25, -0.2) is 4.98 Å². The Hall–Kier alpha value is -4.88. The van der Waals surface area contributed by atoms with Gasteiger partial charge in [0.05, 0.1) is 11.1 Å². The van der Waals surface area contributed by atoms with E-state index in [2.05, 4.69) is 30.2 Å². The van der Waals surface area contributed by atoms with Crippen LogP contribution in [0.1, 0.15) is 32.6 Å². The number of amides is 1. The third-order valence-corrected chi connectivity index (χ3v) is 7.46. The van der Waals surface area contributed by atoms with Crippen molar-refractivity contribution < 1.29 is 22.7 Å². The standard InChI is InChI=1S/C32H33F3N8O2/c1-20-4-7-24(17-27(20)45-31-25(18-37-2)28(36)40-29(41-31)21-8-10-38-11-9-21)39-30(44)22-5-6-23(26(16-22)32(33,34)35)19-43-14-12-42(3)13-15-43/h4-11,16-18H,12-15,19H2,1-3H3,(H,39,44)(H2,36,40,41). The summed E-state index contributed by atoms with van der Waals surface area (Å²) in [6.45, 7) is 4.88. The molecule has 0 radical (unpaired) electrons. The van der Waals surface area contributed by atoms with E-state index >= 15 is 0 Å². The lowest BCUT2D eigenvalue weighted by atomic mass is 10.0. The molecule has 5 rings (SSSR count). The number of carbonyl (C=O) groups is 1. The Morgan fingerprint density at radius 1 is 1.07 bits per heavy atom. The summed E-state index contributed by atoms with van der Waals surface area (Å²) in [5.74, 6) is 0.257. The molecule has 0 saturated carbocycles. The number of aromatic nitrogens is 3. The first-order valence-corrected chi connectivity index (χ1v) is 14.2. The van der Waals surface area contributed by atoms with Crippen molar-refractivity contribution in [1.29, 1.82) is 0 Å². The molecule has 0 atom stereocenters. The van der Waals surface area contributed by atoms with Crippen molar-refractivity contribution in [2.45, 2.75) is 19.6 Å². The Balaban J connectivity index is 1.39. The molecule has 1 amide bonds. The molecule has 10 nitrogen and oxygen atoms in total. The summed E-state index contributed by atoms with van der Waals surface area (Å²) in [5, 5.41) is 2.69. The molecule has 0 spiro atoms. The first-order chi connectivity index (χ1) is 21.5. The van der Waals surface area contributed by atoms with Crippen LogP contribution >= 0.6 is 0 Å². The average Bonchev–Trinajstić information content (AvgIpc) is 3.01. The number of nitrogens with one attached hydrogen (secondary N) is 1. The van der Waals surface area contributed by atoms with E-state index in [-0.39, 0.29) is 29.4 Å². The fraction of sp³-hybridized carbons (Fsp3) is 0.281. The second-order valence-corrected chi connectivity index (χ2v) is 10.8. The number of benzene rings is 2. The summed E-state index contributed by atoms with van der Waals surface area (Å²) in [6, 6.07) is 12.1. The number of aryl methyl sites for hydroxylation is 1. The predicted molar refractivity (Wildman–Crippen MR) is 167 cm³/mol. The minimum atomic E-state index is -4.61. The number of hydrogen-bond donors (Lipinski definition) is 2. The lowest BCUT2D eigenvalue weighted by Gasteiger charge is -2.33. The maximum atomic E-state index is 14.1. The number of anilines is 2. The van der Waals surface area contributed by atoms with Gasteiger partial charge in [0.25, 0.3) is 5.91 Å². The zero-order valence-corrected chi connectivity index (χ0v) is 25.1. The lowest BCUT2D eigenvalue weighted by Crippen LogP contribution is -2.44. The fourth-order valence-corrected chi connectivity index (χ4v) is 4.89. The number of nitrogen functional groups attached to an aromatic ring is 1. The highest BCUT2D eigenvalue weighted by atomic mass is 19.4. The van der Waals surface area contributed by atoms with Crippen molar-refractivity contribution in [3.8, 4) is 23.0 Å². The highest BCUT2D eigenvalue weighted by molar-refractivity contribution is 6.04. The van der Waals surface area contributed by atoms with Crippen molar-refractivity contribution in [1.82, 2.24) is 24.8 Å². The van der Waals surface area contributed by atoms with E-state index in [9.17, 15) is 18.0 Å². The summed E-state index contributed by atoms with van der Waals surface area (Å²) < 4.78 is 48.4.